The fraction of sp³-hybridized carbons (Fsp3) is 0.308. The second-order valence-corrected chi connectivity index (χ2v) is 5.03. The van der Waals surface area contributed by atoms with Gasteiger partial charge in [-0.2, -0.15) is 0 Å². The van der Waals surface area contributed by atoms with Crippen molar-refractivity contribution in [2.24, 2.45) is 0 Å². The molecular weight excluding hydrogens is 234 g/mol. The lowest BCUT2D eigenvalue weighted by Gasteiger charge is -2.16. The molecule has 1 amide bonds. The molecule has 0 spiro atoms. The van der Waals surface area contributed by atoms with E-state index >= 15 is 0 Å². The van der Waals surface area contributed by atoms with Crippen molar-refractivity contribution in [3.63, 3.8) is 0 Å². The Kier molecular flexibility index (Phi) is 5.44. The molecule has 0 aliphatic carbocycles. The van der Waals surface area contributed by atoms with E-state index in [1.807, 2.05) is 30.3 Å². The highest BCUT2D eigenvalue weighted by Crippen LogP contribution is 2.13. The number of hydrogen-bond donors (Lipinski definition) is 1. The molecule has 0 saturated heterocycles. The summed E-state index contributed by atoms with van der Waals surface area (Å²) in [7, 11) is -0.979. The smallest absolute Gasteiger partial charge is 0.296 e. The average Bonchev–Trinajstić information content (AvgIpc) is 2.29. The Morgan fingerprint density at radius 3 is 2.59 bits per heavy atom. The fourth-order valence-corrected chi connectivity index (χ4v) is 2.19. The fourth-order valence-electron chi connectivity index (χ4n) is 1.45. The molecule has 90 valence electrons. The van der Waals surface area contributed by atoms with Gasteiger partial charge in [0.25, 0.3) is 5.91 Å². The maximum absolute atomic E-state index is 11.4. The van der Waals surface area contributed by atoms with Crippen LogP contribution in [0.3, 0.4) is 0 Å². The number of rotatable bonds is 4. The van der Waals surface area contributed by atoms with E-state index in [1.165, 1.54) is 0 Å². The Morgan fingerprint density at radius 1 is 1.41 bits per heavy atom. The quantitative estimate of drug-likeness (QED) is 0.816. The lowest BCUT2D eigenvalue weighted by Crippen LogP contribution is -2.30. The van der Waals surface area contributed by atoms with E-state index in [0.717, 1.165) is 5.56 Å². The van der Waals surface area contributed by atoms with Crippen LogP contribution in [0.25, 0.3) is 0 Å². The van der Waals surface area contributed by atoms with Gasteiger partial charge in [0, 0.05) is 22.8 Å². The van der Waals surface area contributed by atoms with Gasteiger partial charge in [-0.05, 0) is 18.4 Å². The molecule has 17 heavy (non-hydrogen) atoms. The van der Waals surface area contributed by atoms with Gasteiger partial charge < -0.3 is 5.32 Å². The summed E-state index contributed by atoms with van der Waals surface area (Å²) in [5.41, 5.74) is 0.939. The first-order valence-electron chi connectivity index (χ1n) is 5.21. The number of carbonyl (C=O) groups excluding carboxylic acids is 1. The molecule has 0 bridgehead atoms. The minimum Gasteiger partial charge on any atom is -0.338 e. The van der Waals surface area contributed by atoms with Gasteiger partial charge in [0.1, 0.15) is 0 Å². The van der Waals surface area contributed by atoms with Crippen LogP contribution in [-0.4, -0.2) is 22.1 Å². The first kappa shape index (κ1) is 13.5. The number of benzene rings is 1. The lowest BCUT2D eigenvalue weighted by atomic mass is 10.1. The molecule has 3 nitrogen and oxygen atoms in total. The number of hydrogen-bond acceptors (Lipinski definition) is 2. The van der Waals surface area contributed by atoms with Gasteiger partial charge in [0.2, 0.25) is 0 Å². The summed E-state index contributed by atoms with van der Waals surface area (Å²) in [5.74, 6) is 5.01. The van der Waals surface area contributed by atoms with Crippen LogP contribution in [0.4, 0.5) is 0 Å². The molecule has 4 heteroatoms. The van der Waals surface area contributed by atoms with Gasteiger partial charge in [-0.1, -0.05) is 36.3 Å². The summed E-state index contributed by atoms with van der Waals surface area (Å²) >= 11 is 0. The standard InChI is InChI=1S/C13H15NO2S/c1-3-7-13(15)14-12(10-17(2)16)11-8-5-4-6-9-11/h4-6,8-9,12H,10H2,1-2H3,(H,14,15). The number of carbonyl (C=O) groups is 1. The zero-order valence-corrected chi connectivity index (χ0v) is 10.7. The second-order valence-electron chi connectivity index (χ2n) is 3.55. The molecule has 0 radical (unpaired) electrons. The molecule has 1 aromatic carbocycles. The van der Waals surface area contributed by atoms with Crippen LogP contribution in [-0.2, 0) is 15.6 Å². The van der Waals surface area contributed by atoms with E-state index in [4.69, 9.17) is 0 Å². The van der Waals surface area contributed by atoms with Crippen LogP contribution in [0, 0.1) is 11.8 Å². The van der Waals surface area contributed by atoms with Crippen molar-refractivity contribution in [1.29, 1.82) is 0 Å². The van der Waals surface area contributed by atoms with Gasteiger partial charge in [0.05, 0.1) is 6.04 Å². The third kappa shape index (κ3) is 4.83. The van der Waals surface area contributed by atoms with E-state index in [1.54, 1.807) is 13.2 Å². The molecule has 0 fully saturated rings. The van der Waals surface area contributed by atoms with Crippen LogP contribution in [0.5, 0.6) is 0 Å². The molecule has 2 atom stereocenters. The van der Waals surface area contributed by atoms with Crippen molar-refractivity contribution >= 4 is 16.7 Å². The lowest BCUT2D eigenvalue weighted by molar-refractivity contribution is -0.116. The van der Waals surface area contributed by atoms with E-state index in [2.05, 4.69) is 17.2 Å². The van der Waals surface area contributed by atoms with Crippen LogP contribution >= 0.6 is 0 Å². The molecule has 0 aromatic heterocycles. The summed E-state index contributed by atoms with van der Waals surface area (Å²) in [4.78, 5) is 11.4. The Labute approximate surface area is 104 Å². The predicted molar refractivity (Wildman–Crippen MR) is 69.7 cm³/mol. The molecule has 1 N–H and O–H groups in total. The molecule has 0 heterocycles. The normalized spacial score (nSPS) is 13.1. The van der Waals surface area contributed by atoms with Crippen molar-refractivity contribution in [3.05, 3.63) is 35.9 Å². The van der Waals surface area contributed by atoms with Gasteiger partial charge in [-0.25, -0.2) is 0 Å². The molecule has 2 unspecified atom stereocenters. The predicted octanol–water partition coefficient (Wildman–Crippen LogP) is 1.25. The molecule has 0 aliphatic heterocycles. The summed E-state index contributed by atoms with van der Waals surface area (Å²) in [6.45, 7) is 1.61. The van der Waals surface area contributed by atoms with Crippen molar-refractivity contribution in [2.75, 3.05) is 12.0 Å². The Hall–Kier alpha value is -1.60. The van der Waals surface area contributed by atoms with Crippen molar-refractivity contribution in [3.8, 4) is 11.8 Å². The van der Waals surface area contributed by atoms with Crippen molar-refractivity contribution in [1.82, 2.24) is 5.32 Å². The second kappa shape index (κ2) is 6.87. The topological polar surface area (TPSA) is 46.2 Å². The van der Waals surface area contributed by atoms with Gasteiger partial charge in [-0.3, -0.25) is 9.00 Å². The molecule has 0 saturated carbocycles. The first-order chi connectivity index (χ1) is 8.13. The van der Waals surface area contributed by atoms with Gasteiger partial charge in [-0.15, -0.1) is 0 Å². The van der Waals surface area contributed by atoms with Crippen molar-refractivity contribution < 1.29 is 9.00 Å². The zero-order valence-electron chi connectivity index (χ0n) is 9.90. The SMILES string of the molecule is CC#CC(=O)NC(CS(C)=O)c1ccccc1. The highest BCUT2D eigenvalue weighted by Gasteiger charge is 2.14. The van der Waals surface area contributed by atoms with E-state index in [0.29, 0.717) is 5.75 Å². The highest BCUT2D eigenvalue weighted by atomic mass is 32.2. The monoisotopic (exact) mass is 249 g/mol. The molecule has 0 aliphatic rings. The minimum absolute atomic E-state index is 0.254. The maximum Gasteiger partial charge on any atom is 0.296 e. The molecule has 1 aromatic rings. The van der Waals surface area contributed by atoms with E-state index in [-0.39, 0.29) is 11.9 Å². The van der Waals surface area contributed by atoms with Crippen LogP contribution in [0.15, 0.2) is 30.3 Å². The highest BCUT2D eigenvalue weighted by molar-refractivity contribution is 7.84. The zero-order chi connectivity index (χ0) is 12.7. The average molecular weight is 249 g/mol. The van der Waals surface area contributed by atoms with Crippen molar-refractivity contribution in [2.45, 2.75) is 13.0 Å². The van der Waals surface area contributed by atoms with Crippen LogP contribution in [0.1, 0.15) is 18.5 Å². The van der Waals surface area contributed by atoms with E-state index in [9.17, 15) is 9.00 Å². The number of nitrogens with one attached hydrogen (secondary N) is 1. The first-order valence-corrected chi connectivity index (χ1v) is 6.94. The Bertz CT molecular complexity index is 459. The maximum atomic E-state index is 11.4. The van der Waals surface area contributed by atoms with Crippen LogP contribution < -0.4 is 5.32 Å². The van der Waals surface area contributed by atoms with Gasteiger partial charge >= 0.3 is 0 Å². The minimum atomic E-state index is -0.979. The van der Waals surface area contributed by atoms with Crippen LogP contribution in [0.2, 0.25) is 0 Å². The summed E-state index contributed by atoms with van der Waals surface area (Å²) in [6.07, 6.45) is 1.62. The van der Waals surface area contributed by atoms with Gasteiger partial charge in [0.15, 0.2) is 0 Å². The third-order valence-electron chi connectivity index (χ3n) is 2.15. The van der Waals surface area contributed by atoms with E-state index < -0.39 is 10.8 Å². The number of amides is 1. The molecule has 1 rings (SSSR count). The summed E-state index contributed by atoms with van der Waals surface area (Å²) in [5, 5.41) is 2.76. The largest absolute Gasteiger partial charge is 0.338 e. The summed E-state index contributed by atoms with van der Waals surface area (Å²) in [6, 6.07) is 9.22. The Morgan fingerprint density at radius 2 is 2.06 bits per heavy atom. The third-order valence-corrected chi connectivity index (χ3v) is 2.95. The molecular formula is C13H15NO2S. The Balaban J connectivity index is 2.83. The summed E-state index contributed by atoms with van der Waals surface area (Å²) < 4.78 is 11.3.